The predicted octanol–water partition coefficient (Wildman–Crippen LogP) is 0.434. The Morgan fingerprint density at radius 1 is 1.75 bits per heavy atom. The zero-order chi connectivity index (χ0) is 6.15. The molecule has 0 aliphatic rings. The quantitative estimate of drug-likeness (QED) is 0.528. The molecule has 0 spiro atoms. The highest BCUT2D eigenvalue weighted by atomic mass is 16.3. The van der Waals surface area contributed by atoms with Crippen molar-refractivity contribution in [3.63, 3.8) is 0 Å². The van der Waals surface area contributed by atoms with Crippen molar-refractivity contribution in [3.8, 4) is 5.88 Å². The molecule has 0 amide bonds. The Hall–Kier alpha value is -0.990. The fourth-order valence-electron chi connectivity index (χ4n) is 0.542. The lowest BCUT2D eigenvalue weighted by Gasteiger charge is -1.86. The second-order valence-corrected chi connectivity index (χ2v) is 1.77. The number of hydrogen-bond donors (Lipinski definition) is 1. The van der Waals surface area contributed by atoms with E-state index in [1.165, 1.54) is 0 Å². The molecule has 1 N–H and O–H groups in total. The van der Waals surface area contributed by atoms with Crippen LogP contribution in [-0.4, -0.2) is 14.9 Å². The molecule has 3 heteroatoms. The van der Waals surface area contributed by atoms with Crippen molar-refractivity contribution in [1.29, 1.82) is 0 Å². The van der Waals surface area contributed by atoms with Crippen LogP contribution in [0.3, 0.4) is 0 Å². The maximum absolute atomic E-state index is 8.70. The molecule has 3 nitrogen and oxygen atoms in total. The fraction of sp³-hybridized carbons (Fsp3) is 0.400. The third-order valence-corrected chi connectivity index (χ3v) is 1.10. The van der Waals surface area contributed by atoms with E-state index >= 15 is 0 Å². The van der Waals surface area contributed by atoms with Gasteiger partial charge in [0.05, 0.1) is 0 Å². The van der Waals surface area contributed by atoms with Crippen LogP contribution in [0.5, 0.6) is 5.88 Å². The van der Waals surface area contributed by atoms with Crippen molar-refractivity contribution in [1.82, 2.24) is 9.78 Å². The van der Waals surface area contributed by atoms with E-state index in [2.05, 4.69) is 5.10 Å². The van der Waals surface area contributed by atoms with Gasteiger partial charge in [-0.1, -0.05) is 0 Å². The standard InChI is InChI=1S/C5H8N2O/c1-4-3-5(8)6-7(4)2/h3H,1-2H3,(H,6,8). The van der Waals surface area contributed by atoms with Gasteiger partial charge >= 0.3 is 0 Å². The highest BCUT2D eigenvalue weighted by Gasteiger charge is 1.94. The molecule has 1 aromatic rings. The summed E-state index contributed by atoms with van der Waals surface area (Å²) in [7, 11) is 1.79. The summed E-state index contributed by atoms with van der Waals surface area (Å²) in [5.41, 5.74) is 0.961. The molecule has 0 fully saturated rings. The third kappa shape index (κ3) is 0.665. The minimum absolute atomic E-state index is 0.0880. The van der Waals surface area contributed by atoms with Gasteiger partial charge in [0.1, 0.15) is 0 Å². The van der Waals surface area contributed by atoms with Gasteiger partial charge in [0.15, 0.2) is 0 Å². The first-order chi connectivity index (χ1) is 3.70. The molecule has 1 rings (SSSR count). The highest BCUT2D eigenvalue weighted by molar-refractivity contribution is 5.11. The van der Waals surface area contributed by atoms with Crippen LogP contribution in [0.1, 0.15) is 5.69 Å². The Morgan fingerprint density at radius 2 is 2.38 bits per heavy atom. The van der Waals surface area contributed by atoms with Gasteiger partial charge in [-0.25, -0.2) is 0 Å². The lowest BCUT2D eigenvalue weighted by molar-refractivity contribution is 0.444. The smallest absolute Gasteiger partial charge is 0.230 e. The lowest BCUT2D eigenvalue weighted by Crippen LogP contribution is -1.90. The molecule has 0 radical (unpaired) electrons. The van der Waals surface area contributed by atoms with Crippen molar-refractivity contribution in [2.24, 2.45) is 7.05 Å². The minimum Gasteiger partial charge on any atom is -0.492 e. The van der Waals surface area contributed by atoms with Crippen LogP contribution < -0.4 is 0 Å². The van der Waals surface area contributed by atoms with Gasteiger partial charge in [-0.15, -0.1) is 5.10 Å². The molecule has 0 aromatic carbocycles. The van der Waals surface area contributed by atoms with Gasteiger partial charge in [0.2, 0.25) is 5.88 Å². The highest BCUT2D eigenvalue weighted by Crippen LogP contribution is 2.05. The van der Waals surface area contributed by atoms with Crippen LogP contribution >= 0.6 is 0 Å². The van der Waals surface area contributed by atoms with E-state index in [-0.39, 0.29) is 5.88 Å². The summed E-state index contributed by atoms with van der Waals surface area (Å²) >= 11 is 0. The molecular formula is C5H8N2O. The molecule has 0 aliphatic heterocycles. The fourth-order valence-corrected chi connectivity index (χ4v) is 0.542. The maximum Gasteiger partial charge on any atom is 0.230 e. The van der Waals surface area contributed by atoms with Crippen molar-refractivity contribution in [2.75, 3.05) is 0 Å². The van der Waals surface area contributed by atoms with E-state index in [1.54, 1.807) is 17.8 Å². The molecule has 0 aliphatic carbocycles. The topological polar surface area (TPSA) is 38.1 Å². The summed E-state index contributed by atoms with van der Waals surface area (Å²) in [6.45, 7) is 1.88. The second kappa shape index (κ2) is 1.51. The first-order valence-electron chi connectivity index (χ1n) is 2.40. The second-order valence-electron chi connectivity index (χ2n) is 1.77. The Balaban J connectivity index is 3.14. The largest absolute Gasteiger partial charge is 0.492 e. The predicted molar refractivity (Wildman–Crippen MR) is 29.6 cm³/mol. The van der Waals surface area contributed by atoms with Gasteiger partial charge < -0.3 is 5.11 Å². The summed E-state index contributed by atoms with van der Waals surface area (Å²) in [5.74, 6) is 0.0880. The Bertz CT molecular complexity index is 173. The molecule has 44 valence electrons. The SMILES string of the molecule is Cc1cc(O)nn1C. The summed E-state index contributed by atoms with van der Waals surface area (Å²) in [4.78, 5) is 0. The zero-order valence-corrected chi connectivity index (χ0v) is 4.92. The Kier molecular flexibility index (Phi) is 0.970. The molecule has 0 saturated carbocycles. The first kappa shape index (κ1) is 5.15. The average molecular weight is 112 g/mol. The summed E-state index contributed by atoms with van der Waals surface area (Å²) in [6, 6.07) is 1.61. The van der Waals surface area contributed by atoms with Crippen molar-refractivity contribution in [3.05, 3.63) is 11.8 Å². The summed E-state index contributed by atoms with van der Waals surface area (Å²) < 4.78 is 1.62. The van der Waals surface area contributed by atoms with Crippen molar-refractivity contribution >= 4 is 0 Å². The molecule has 0 saturated heterocycles. The van der Waals surface area contributed by atoms with Gasteiger partial charge in [-0.3, -0.25) is 4.68 Å². The molecule has 0 atom stereocenters. The normalized spacial score (nSPS) is 9.75. The molecule has 0 bridgehead atoms. The third-order valence-electron chi connectivity index (χ3n) is 1.10. The maximum atomic E-state index is 8.70. The number of nitrogens with zero attached hydrogens (tertiary/aromatic N) is 2. The van der Waals surface area contributed by atoms with Crippen molar-refractivity contribution < 1.29 is 5.11 Å². The molecule has 8 heavy (non-hydrogen) atoms. The van der Waals surface area contributed by atoms with Gasteiger partial charge in [0, 0.05) is 18.8 Å². The van der Waals surface area contributed by atoms with Crippen LogP contribution in [0.15, 0.2) is 6.07 Å². The van der Waals surface area contributed by atoms with Crippen LogP contribution in [0.4, 0.5) is 0 Å². The van der Waals surface area contributed by atoms with E-state index in [0.717, 1.165) is 5.69 Å². The molecule has 1 aromatic heterocycles. The average Bonchev–Trinajstić information content (AvgIpc) is 1.85. The lowest BCUT2D eigenvalue weighted by atomic mass is 10.5. The van der Waals surface area contributed by atoms with Gasteiger partial charge in [-0.2, -0.15) is 0 Å². The molecular weight excluding hydrogens is 104 g/mol. The van der Waals surface area contributed by atoms with Crippen LogP contribution in [0.2, 0.25) is 0 Å². The number of aromatic nitrogens is 2. The number of aromatic hydroxyl groups is 1. The minimum atomic E-state index is 0.0880. The van der Waals surface area contributed by atoms with Gasteiger partial charge in [0.25, 0.3) is 0 Å². The van der Waals surface area contributed by atoms with E-state index in [0.29, 0.717) is 0 Å². The van der Waals surface area contributed by atoms with Crippen LogP contribution in [0.25, 0.3) is 0 Å². The van der Waals surface area contributed by atoms with E-state index in [1.807, 2.05) is 6.92 Å². The van der Waals surface area contributed by atoms with E-state index in [4.69, 9.17) is 5.11 Å². The van der Waals surface area contributed by atoms with Crippen LogP contribution in [0, 0.1) is 6.92 Å². The van der Waals surface area contributed by atoms with Crippen molar-refractivity contribution in [2.45, 2.75) is 6.92 Å². The Labute approximate surface area is 47.6 Å². The zero-order valence-electron chi connectivity index (χ0n) is 4.92. The number of aryl methyl sites for hydroxylation is 2. The first-order valence-corrected chi connectivity index (χ1v) is 2.40. The number of rotatable bonds is 0. The molecule has 1 heterocycles. The summed E-state index contributed by atoms with van der Waals surface area (Å²) in [6.07, 6.45) is 0. The monoisotopic (exact) mass is 112 g/mol. The Morgan fingerprint density at radius 3 is 2.50 bits per heavy atom. The van der Waals surface area contributed by atoms with Gasteiger partial charge in [-0.05, 0) is 6.92 Å². The van der Waals surface area contributed by atoms with E-state index < -0.39 is 0 Å². The summed E-state index contributed by atoms with van der Waals surface area (Å²) in [5, 5.41) is 12.4. The molecule has 0 unspecified atom stereocenters. The van der Waals surface area contributed by atoms with E-state index in [9.17, 15) is 0 Å². The number of hydrogen-bond acceptors (Lipinski definition) is 2. The van der Waals surface area contributed by atoms with Crippen LogP contribution in [-0.2, 0) is 7.05 Å².